The number of phenols is 1. The fourth-order valence-corrected chi connectivity index (χ4v) is 3.15. The van der Waals surface area contributed by atoms with Gasteiger partial charge >= 0.3 is 5.97 Å². The van der Waals surface area contributed by atoms with E-state index in [1.807, 2.05) is 0 Å². The number of nitrogens with two attached hydrogens (primary N) is 2. The van der Waals surface area contributed by atoms with Gasteiger partial charge in [0, 0.05) is 24.3 Å². The number of hydrogen-bond donors (Lipinski definition) is 9. The highest BCUT2D eigenvalue weighted by molar-refractivity contribution is 7.80. The van der Waals surface area contributed by atoms with Crippen molar-refractivity contribution in [3.05, 3.63) is 29.8 Å². The molecule has 14 heteroatoms. The van der Waals surface area contributed by atoms with Crippen LogP contribution < -0.4 is 27.4 Å². The fourth-order valence-electron chi connectivity index (χ4n) is 2.72. The standard InChI is InChI=1S/C20H29N5O7S2/c21-12(8-33)17(28)23-13(5-6-16(22)27)18(29)25-15(9-34)19(30)24-14(20(31)32)7-10-1-3-11(26)4-2-10/h1-4,12-15,26,33-34H,5-9,21H2,(H2,22,27)(H,23,28)(H,24,30)(H,25,29)(H,31,32). The first-order valence-electron chi connectivity index (χ1n) is 10.2. The molecule has 9 N–H and O–H groups in total. The van der Waals surface area contributed by atoms with Gasteiger partial charge in [-0.2, -0.15) is 25.3 Å². The molecule has 4 atom stereocenters. The van der Waals surface area contributed by atoms with Crippen molar-refractivity contribution in [2.45, 2.75) is 43.4 Å². The molecule has 0 aliphatic carbocycles. The molecule has 0 heterocycles. The zero-order valence-corrected chi connectivity index (χ0v) is 19.9. The Balaban J connectivity index is 2.89. The van der Waals surface area contributed by atoms with Gasteiger partial charge in [0.2, 0.25) is 23.6 Å². The summed E-state index contributed by atoms with van der Waals surface area (Å²) in [6, 6.07) is 0.980. The maximum absolute atomic E-state index is 12.7. The number of amides is 4. The second kappa shape index (κ2) is 14.3. The highest BCUT2D eigenvalue weighted by Gasteiger charge is 2.30. The molecule has 12 nitrogen and oxygen atoms in total. The van der Waals surface area contributed by atoms with Gasteiger partial charge in [-0.3, -0.25) is 19.2 Å². The molecule has 1 aromatic rings. The summed E-state index contributed by atoms with van der Waals surface area (Å²) in [4.78, 5) is 60.2. The molecule has 0 saturated heterocycles. The monoisotopic (exact) mass is 515 g/mol. The molecule has 0 aliphatic heterocycles. The third-order valence-electron chi connectivity index (χ3n) is 4.65. The summed E-state index contributed by atoms with van der Waals surface area (Å²) in [6.45, 7) is 0. The van der Waals surface area contributed by atoms with Gasteiger partial charge in [-0.25, -0.2) is 4.79 Å². The van der Waals surface area contributed by atoms with Crippen LogP contribution >= 0.6 is 25.3 Å². The van der Waals surface area contributed by atoms with E-state index >= 15 is 0 Å². The second-order valence-corrected chi connectivity index (χ2v) is 8.10. The number of carbonyl (C=O) groups excluding carboxylic acids is 4. The Hall–Kier alpha value is -2.97. The minimum atomic E-state index is -1.32. The van der Waals surface area contributed by atoms with Crippen LogP contribution in [0.15, 0.2) is 24.3 Å². The highest BCUT2D eigenvalue weighted by Crippen LogP contribution is 2.11. The molecule has 0 aliphatic rings. The number of nitrogens with one attached hydrogen (secondary N) is 3. The van der Waals surface area contributed by atoms with Crippen LogP contribution in [0.25, 0.3) is 0 Å². The summed E-state index contributed by atoms with van der Waals surface area (Å²) in [5.74, 6) is -4.49. The predicted octanol–water partition coefficient (Wildman–Crippen LogP) is -2.07. The van der Waals surface area contributed by atoms with Crippen LogP contribution in [0.4, 0.5) is 0 Å². The molecular formula is C20H29N5O7S2. The zero-order chi connectivity index (χ0) is 25.8. The SMILES string of the molecule is NC(=O)CCC(NC(=O)C(N)CS)C(=O)NC(CS)C(=O)NC(Cc1ccc(O)cc1)C(=O)O. The van der Waals surface area contributed by atoms with E-state index in [1.54, 1.807) is 0 Å². The number of benzene rings is 1. The van der Waals surface area contributed by atoms with Crippen molar-refractivity contribution in [1.82, 2.24) is 16.0 Å². The lowest BCUT2D eigenvalue weighted by Crippen LogP contribution is -2.58. The van der Waals surface area contributed by atoms with Crippen molar-refractivity contribution in [2.75, 3.05) is 11.5 Å². The van der Waals surface area contributed by atoms with E-state index < -0.39 is 53.8 Å². The van der Waals surface area contributed by atoms with E-state index in [-0.39, 0.29) is 36.5 Å². The Labute approximate surface area is 207 Å². The van der Waals surface area contributed by atoms with E-state index in [0.717, 1.165) is 0 Å². The van der Waals surface area contributed by atoms with Crippen LogP contribution in [0.1, 0.15) is 18.4 Å². The summed E-state index contributed by atoms with van der Waals surface area (Å²) in [7, 11) is 0. The van der Waals surface area contributed by atoms with Crippen LogP contribution in [0.5, 0.6) is 5.75 Å². The average molecular weight is 516 g/mol. The quantitative estimate of drug-likeness (QED) is 0.125. The van der Waals surface area contributed by atoms with Crippen molar-refractivity contribution in [2.24, 2.45) is 11.5 Å². The van der Waals surface area contributed by atoms with Gasteiger partial charge in [-0.05, 0) is 24.1 Å². The molecule has 4 unspecified atom stereocenters. The molecule has 188 valence electrons. The third-order valence-corrected chi connectivity index (χ3v) is 5.41. The number of carboxylic acids is 1. The van der Waals surface area contributed by atoms with Crippen LogP contribution in [0.3, 0.4) is 0 Å². The molecule has 0 spiro atoms. The normalized spacial score (nSPS) is 14.2. The number of primary amides is 1. The number of phenolic OH excluding ortho intramolecular Hbond substituents is 1. The lowest BCUT2D eigenvalue weighted by atomic mass is 10.1. The van der Waals surface area contributed by atoms with Gasteiger partial charge < -0.3 is 37.6 Å². The molecule has 0 fully saturated rings. The van der Waals surface area contributed by atoms with E-state index in [9.17, 15) is 34.2 Å². The van der Waals surface area contributed by atoms with Crippen LogP contribution in [0, 0.1) is 0 Å². The second-order valence-electron chi connectivity index (χ2n) is 7.37. The largest absolute Gasteiger partial charge is 0.508 e. The Morgan fingerprint density at radius 1 is 0.853 bits per heavy atom. The van der Waals surface area contributed by atoms with Gasteiger partial charge in [-0.15, -0.1) is 0 Å². The first-order chi connectivity index (χ1) is 16.0. The van der Waals surface area contributed by atoms with Crippen LogP contribution in [-0.4, -0.2) is 75.5 Å². The van der Waals surface area contributed by atoms with Gasteiger partial charge in [0.05, 0.1) is 6.04 Å². The number of thiol groups is 2. The molecule has 0 bridgehead atoms. The Morgan fingerprint density at radius 3 is 1.88 bits per heavy atom. The summed E-state index contributed by atoms with van der Waals surface area (Å²) < 4.78 is 0. The molecule has 4 amide bonds. The van der Waals surface area contributed by atoms with Gasteiger partial charge in [0.1, 0.15) is 23.9 Å². The first kappa shape index (κ1) is 29.1. The third kappa shape index (κ3) is 9.89. The summed E-state index contributed by atoms with van der Waals surface area (Å²) in [5, 5.41) is 25.9. The molecule has 0 aromatic heterocycles. The molecule has 0 saturated carbocycles. The van der Waals surface area contributed by atoms with E-state index in [0.29, 0.717) is 5.56 Å². The zero-order valence-electron chi connectivity index (χ0n) is 18.1. The fraction of sp³-hybridized carbons (Fsp3) is 0.450. The smallest absolute Gasteiger partial charge is 0.326 e. The Kier molecular flexibility index (Phi) is 12.2. The van der Waals surface area contributed by atoms with Crippen molar-refractivity contribution in [1.29, 1.82) is 0 Å². The summed E-state index contributed by atoms with van der Waals surface area (Å²) >= 11 is 7.96. The van der Waals surface area contributed by atoms with Crippen molar-refractivity contribution < 1.29 is 34.2 Å². The number of rotatable bonds is 14. The molecule has 0 radical (unpaired) electrons. The van der Waals surface area contributed by atoms with E-state index in [1.165, 1.54) is 24.3 Å². The van der Waals surface area contributed by atoms with E-state index in [2.05, 4.69) is 41.2 Å². The number of aromatic hydroxyl groups is 1. The van der Waals surface area contributed by atoms with Gasteiger partial charge in [-0.1, -0.05) is 12.1 Å². The predicted molar refractivity (Wildman–Crippen MR) is 129 cm³/mol. The molecule has 34 heavy (non-hydrogen) atoms. The number of carbonyl (C=O) groups is 5. The number of aliphatic carboxylic acids is 1. The van der Waals surface area contributed by atoms with Gasteiger partial charge in [0.25, 0.3) is 0 Å². The first-order valence-corrected chi connectivity index (χ1v) is 11.4. The van der Waals surface area contributed by atoms with Crippen molar-refractivity contribution >= 4 is 54.9 Å². The minimum Gasteiger partial charge on any atom is -0.508 e. The summed E-state index contributed by atoms with van der Waals surface area (Å²) in [6.07, 6.45) is -0.445. The maximum atomic E-state index is 12.7. The van der Waals surface area contributed by atoms with Gasteiger partial charge in [0.15, 0.2) is 0 Å². The Morgan fingerprint density at radius 2 is 1.38 bits per heavy atom. The maximum Gasteiger partial charge on any atom is 0.326 e. The summed E-state index contributed by atoms with van der Waals surface area (Å²) in [5.41, 5.74) is 11.3. The topological polar surface area (TPSA) is 214 Å². The van der Waals surface area contributed by atoms with E-state index in [4.69, 9.17) is 11.5 Å². The lowest BCUT2D eigenvalue weighted by molar-refractivity contribution is -0.142. The highest BCUT2D eigenvalue weighted by atomic mass is 32.1. The molecular weight excluding hydrogens is 486 g/mol. The molecule has 1 aromatic carbocycles. The number of carboxylic acid groups (broad SMARTS) is 1. The molecule has 1 rings (SSSR count). The Bertz CT molecular complexity index is 885. The van der Waals surface area contributed by atoms with Crippen molar-refractivity contribution in [3.8, 4) is 5.75 Å². The number of hydrogen-bond acceptors (Lipinski definition) is 9. The lowest BCUT2D eigenvalue weighted by Gasteiger charge is -2.24. The van der Waals surface area contributed by atoms with Crippen LogP contribution in [0.2, 0.25) is 0 Å². The average Bonchev–Trinajstić information content (AvgIpc) is 2.79. The van der Waals surface area contributed by atoms with Crippen LogP contribution in [-0.2, 0) is 30.4 Å². The van der Waals surface area contributed by atoms with Crippen molar-refractivity contribution in [3.63, 3.8) is 0 Å². The minimum absolute atomic E-state index is 0.00539.